The second-order valence-electron chi connectivity index (χ2n) is 2.83. The lowest BCUT2D eigenvalue weighted by Gasteiger charge is -2.08. The monoisotopic (exact) mass is 206 g/mol. The van der Waals surface area contributed by atoms with Crippen molar-refractivity contribution in [1.82, 2.24) is 0 Å². The first-order valence-corrected chi connectivity index (χ1v) is 4.74. The maximum absolute atomic E-state index is 10.2. The van der Waals surface area contributed by atoms with Gasteiger partial charge in [0, 0.05) is 11.6 Å². The molecule has 0 aliphatic rings. The van der Waals surface area contributed by atoms with E-state index in [4.69, 9.17) is 9.47 Å². The second kappa shape index (κ2) is 5.86. The summed E-state index contributed by atoms with van der Waals surface area (Å²) in [6.07, 6.45) is 3.88. The standard InChI is InChI=1S/C12H14O3/c1-3-15-12-9-11(14-2)7-6-10(12)5-4-8-13/h4-9H,3H2,1-2H3/b5-4+. The molecule has 0 N–H and O–H groups in total. The predicted molar refractivity (Wildman–Crippen MR) is 59.3 cm³/mol. The number of ether oxygens (including phenoxy) is 2. The largest absolute Gasteiger partial charge is 0.497 e. The van der Waals surface area contributed by atoms with Gasteiger partial charge < -0.3 is 9.47 Å². The summed E-state index contributed by atoms with van der Waals surface area (Å²) in [7, 11) is 1.60. The van der Waals surface area contributed by atoms with Crippen LogP contribution in [0.5, 0.6) is 11.5 Å². The Morgan fingerprint density at radius 2 is 2.20 bits per heavy atom. The molecule has 0 aliphatic carbocycles. The van der Waals surface area contributed by atoms with Gasteiger partial charge in [0.05, 0.1) is 13.7 Å². The third kappa shape index (κ3) is 3.13. The molecule has 0 fully saturated rings. The van der Waals surface area contributed by atoms with E-state index in [1.807, 2.05) is 19.1 Å². The van der Waals surface area contributed by atoms with Gasteiger partial charge in [-0.3, -0.25) is 4.79 Å². The van der Waals surface area contributed by atoms with Crippen molar-refractivity contribution >= 4 is 12.4 Å². The lowest BCUT2D eigenvalue weighted by Crippen LogP contribution is -1.94. The van der Waals surface area contributed by atoms with E-state index >= 15 is 0 Å². The highest BCUT2D eigenvalue weighted by Crippen LogP contribution is 2.25. The lowest BCUT2D eigenvalue weighted by molar-refractivity contribution is -0.104. The number of benzene rings is 1. The zero-order valence-electron chi connectivity index (χ0n) is 8.90. The molecule has 3 heteroatoms. The molecule has 0 unspecified atom stereocenters. The molecule has 0 spiro atoms. The van der Waals surface area contributed by atoms with Crippen LogP contribution in [-0.2, 0) is 4.79 Å². The molecule has 0 atom stereocenters. The van der Waals surface area contributed by atoms with E-state index in [-0.39, 0.29) is 0 Å². The molecule has 0 bridgehead atoms. The smallest absolute Gasteiger partial charge is 0.142 e. The Hall–Kier alpha value is -1.77. The van der Waals surface area contributed by atoms with E-state index in [2.05, 4.69) is 0 Å². The van der Waals surface area contributed by atoms with E-state index in [9.17, 15) is 4.79 Å². The van der Waals surface area contributed by atoms with Crippen LogP contribution < -0.4 is 9.47 Å². The van der Waals surface area contributed by atoms with Crippen molar-refractivity contribution in [2.24, 2.45) is 0 Å². The zero-order valence-corrected chi connectivity index (χ0v) is 8.90. The van der Waals surface area contributed by atoms with Crippen LogP contribution in [0.15, 0.2) is 24.3 Å². The van der Waals surface area contributed by atoms with Gasteiger partial charge in [0.1, 0.15) is 17.8 Å². The highest BCUT2D eigenvalue weighted by atomic mass is 16.5. The molecule has 15 heavy (non-hydrogen) atoms. The molecule has 1 aromatic carbocycles. The van der Waals surface area contributed by atoms with Gasteiger partial charge in [-0.25, -0.2) is 0 Å². The van der Waals surface area contributed by atoms with Gasteiger partial charge in [-0.05, 0) is 31.2 Å². The van der Waals surface area contributed by atoms with Crippen LogP contribution in [0.1, 0.15) is 12.5 Å². The average molecular weight is 206 g/mol. The van der Waals surface area contributed by atoms with E-state index in [1.165, 1.54) is 6.08 Å². The van der Waals surface area contributed by atoms with Gasteiger partial charge in [0.25, 0.3) is 0 Å². The highest BCUT2D eigenvalue weighted by molar-refractivity contribution is 5.75. The summed E-state index contributed by atoms with van der Waals surface area (Å²) >= 11 is 0. The Bertz CT molecular complexity index is 356. The van der Waals surface area contributed by atoms with Crippen LogP contribution in [0.4, 0.5) is 0 Å². The fraction of sp³-hybridized carbons (Fsp3) is 0.250. The molecular weight excluding hydrogens is 192 g/mol. The Morgan fingerprint density at radius 1 is 1.40 bits per heavy atom. The molecular formula is C12H14O3. The van der Waals surface area contributed by atoms with Gasteiger partial charge in [0.2, 0.25) is 0 Å². The first kappa shape index (κ1) is 11.3. The molecule has 3 nitrogen and oxygen atoms in total. The van der Waals surface area contributed by atoms with Crippen LogP contribution in [0, 0.1) is 0 Å². The van der Waals surface area contributed by atoms with Crippen molar-refractivity contribution in [3.05, 3.63) is 29.8 Å². The summed E-state index contributed by atoms with van der Waals surface area (Å²) in [5.41, 5.74) is 0.866. The van der Waals surface area contributed by atoms with Crippen molar-refractivity contribution in [2.45, 2.75) is 6.92 Å². The highest BCUT2D eigenvalue weighted by Gasteiger charge is 2.02. The van der Waals surface area contributed by atoms with E-state index in [0.717, 1.165) is 23.3 Å². The van der Waals surface area contributed by atoms with Gasteiger partial charge in [-0.2, -0.15) is 0 Å². The maximum Gasteiger partial charge on any atom is 0.142 e. The minimum atomic E-state index is 0.578. The van der Waals surface area contributed by atoms with Gasteiger partial charge in [-0.1, -0.05) is 0 Å². The van der Waals surface area contributed by atoms with E-state index in [0.29, 0.717) is 6.61 Å². The molecule has 0 heterocycles. The number of aldehydes is 1. The Balaban J connectivity index is 3.02. The van der Waals surface area contributed by atoms with Crippen molar-refractivity contribution in [2.75, 3.05) is 13.7 Å². The molecule has 0 aliphatic heterocycles. The van der Waals surface area contributed by atoms with Crippen LogP contribution in [0.25, 0.3) is 6.08 Å². The van der Waals surface area contributed by atoms with Crippen LogP contribution in [-0.4, -0.2) is 20.0 Å². The van der Waals surface area contributed by atoms with Gasteiger partial charge >= 0.3 is 0 Å². The van der Waals surface area contributed by atoms with Gasteiger partial charge in [-0.15, -0.1) is 0 Å². The minimum Gasteiger partial charge on any atom is -0.497 e. The molecule has 80 valence electrons. The third-order valence-electron chi connectivity index (χ3n) is 1.87. The number of allylic oxidation sites excluding steroid dienone is 1. The Kier molecular flexibility index (Phi) is 4.41. The first-order chi connectivity index (χ1) is 7.31. The lowest BCUT2D eigenvalue weighted by atomic mass is 10.2. The fourth-order valence-electron chi connectivity index (χ4n) is 1.20. The van der Waals surface area contributed by atoms with Crippen molar-refractivity contribution in [3.63, 3.8) is 0 Å². The summed E-state index contributed by atoms with van der Waals surface area (Å²) in [4.78, 5) is 10.2. The Labute approximate surface area is 89.3 Å². The van der Waals surface area contributed by atoms with Gasteiger partial charge in [0.15, 0.2) is 0 Å². The molecule has 0 saturated carbocycles. The summed E-state index contributed by atoms with van der Waals surface area (Å²) in [6.45, 7) is 2.49. The number of carbonyl (C=O) groups excluding carboxylic acids is 1. The van der Waals surface area contributed by atoms with Crippen LogP contribution >= 0.6 is 0 Å². The quantitative estimate of drug-likeness (QED) is 0.547. The molecule has 0 saturated heterocycles. The second-order valence-corrected chi connectivity index (χ2v) is 2.83. The average Bonchev–Trinajstić information content (AvgIpc) is 2.27. The van der Waals surface area contributed by atoms with Crippen molar-refractivity contribution in [1.29, 1.82) is 0 Å². The molecule has 1 aromatic rings. The molecule has 0 amide bonds. The predicted octanol–water partition coefficient (Wildman–Crippen LogP) is 2.31. The van der Waals surface area contributed by atoms with Crippen LogP contribution in [0.3, 0.4) is 0 Å². The minimum absolute atomic E-state index is 0.578. The number of hydrogen-bond donors (Lipinski definition) is 0. The summed E-state index contributed by atoms with van der Waals surface area (Å²) in [5.74, 6) is 1.46. The topological polar surface area (TPSA) is 35.5 Å². The Morgan fingerprint density at radius 3 is 2.80 bits per heavy atom. The summed E-state index contributed by atoms with van der Waals surface area (Å²) in [5, 5.41) is 0. The van der Waals surface area contributed by atoms with Crippen LogP contribution in [0.2, 0.25) is 0 Å². The molecule has 0 aromatic heterocycles. The summed E-state index contributed by atoms with van der Waals surface area (Å²) in [6, 6.07) is 5.48. The number of hydrogen-bond acceptors (Lipinski definition) is 3. The number of methoxy groups -OCH3 is 1. The van der Waals surface area contributed by atoms with Crippen molar-refractivity contribution in [3.8, 4) is 11.5 Å². The maximum atomic E-state index is 10.2. The third-order valence-corrected chi connectivity index (χ3v) is 1.87. The number of rotatable bonds is 5. The van der Waals surface area contributed by atoms with E-state index < -0.39 is 0 Å². The first-order valence-electron chi connectivity index (χ1n) is 4.74. The van der Waals surface area contributed by atoms with Crippen molar-refractivity contribution < 1.29 is 14.3 Å². The van der Waals surface area contributed by atoms with E-state index in [1.54, 1.807) is 19.3 Å². The zero-order chi connectivity index (χ0) is 11.1. The number of carbonyl (C=O) groups is 1. The summed E-state index contributed by atoms with van der Waals surface area (Å²) < 4.78 is 10.5. The molecule has 1 rings (SSSR count). The molecule has 0 radical (unpaired) electrons. The normalized spacial score (nSPS) is 10.3. The SMILES string of the molecule is CCOc1cc(OC)ccc1/C=C/C=O. The fourth-order valence-corrected chi connectivity index (χ4v) is 1.20.